The zero-order valence-corrected chi connectivity index (χ0v) is 13.4. The summed E-state index contributed by atoms with van der Waals surface area (Å²) in [6.07, 6.45) is 2.19. The summed E-state index contributed by atoms with van der Waals surface area (Å²) in [5.74, 6) is 0.924. The fraction of sp³-hybridized carbons (Fsp3) is 0.231. The van der Waals surface area contributed by atoms with Gasteiger partial charge in [-0.15, -0.1) is 0 Å². The zero-order valence-electron chi connectivity index (χ0n) is 9.71. The van der Waals surface area contributed by atoms with E-state index in [0.717, 1.165) is 18.5 Å². The van der Waals surface area contributed by atoms with E-state index in [1.165, 1.54) is 0 Å². The van der Waals surface area contributed by atoms with Crippen LogP contribution in [0.25, 0.3) is 11.4 Å². The van der Waals surface area contributed by atoms with E-state index in [0.29, 0.717) is 30.9 Å². The third-order valence-electron chi connectivity index (χ3n) is 3.04. The molecule has 0 aliphatic heterocycles. The molecule has 3 rings (SSSR count). The Bertz CT molecular complexity index is 710. The van der Waals surface area contributed by atoms with Gasteiger partial charge in [0.25, 0.3) is 5.56 Å². The van der Waals surface area contributed by atoms with Crippen molar-refractivity contribution >= 4 is 45.8 Å². The van der Waals surface area contributed by atoms with Gasteiger partial charge in [-0.1, -0.05) is 23.2 Å². The first-order valence-electron chi connectivity index (χ1n) is 5.81. The van der Waals surface area contributed by atoms with Crippen LogP contribution >= 0.6 is 45.8 Å². The molecule has 0 atom stereocenters. The second kappa shape index (κ2) is 5.07. The van der Waals surface area contributed by atoms with Gasteiger partial charge < -0.3 is 4.98 Å². The Morgan fingerprint density at radius 1 is 1.32 bits per heavy atom. The minimum atomic E-state index is -0.112. The second-order valence-corrected chi connectivity index (χ2v) is 6.43. The first-order chi connectivity index (χ1) is 9.06. The predicted molar refractivity (Wildman–Crippen MR) is 85.0 cm³/mol. The molecule has 1 aromatic heterocycles. The number of H-pyrrole nitrogens is 1. The third-order valence-corrected chi connectivity index (χ3v) is 4.63. The van der Waals surface area contributed by atoms with Gasteiger partial charge in [-0.3, -0.25) is 4.79 Å². The number of rotatable bonds is 2. The lowest BCUT2D eigenvalue weighted by Gasteiger charge is -2.07. The lowest BCUT2D eigenvalue weighted by Crippen LogP contribution is -2.16. The molecule has 3 nitrogen and oxygen atoms in total. The molecule has 1 aliphatic carbocycles. The van der Waals surface area contributed by atoms with Crippen molar-refractivity contribution in [2.45, 2.75) is 18.8 Å². The maximum Gasteiger partial charge on any atom is 0.264 e. The van der Waals surface area contributed by atoms with E-state index in [4.69, 9.17) is 23.2 Å². The molecule has 1 N–H and O–H groups in total. The van der Waals surface area contributed by atoms with Crippen LogP contribution in [0.1, 0.15) is 24.5 Å². The van der Waals surface area contributed by atoms with Crippen molar-refractivity contribution in [3.8, 4) is 11.4 Å². The van der Waals surface area contributed by atoms with Gasteiger partial charge >= 0.3 is 0 Å². The standard InChI is InChI=1S/C13H9Cl2IN2O/c14-7-3-4-8(9(15)5-7)12-17-11(6-1-2-6)10(16)13(19)18-12/h3-6H,1-2H2,(H,17,18,19). The van der Waals surface area contributed by atoms with Gasteiger partial charge in [0.05, 0.1) is 14.3 Å². The summed E-state index contributed by atoms with van der Waals surface area (Å²) < 4.78 is 0.675. The maximum absolute atomic E-state index is 12.0. The Kier molecular flexibility index (Phi) is 3.57. The largest absolute Gasteiger partial charge is 0.306 e. The molecule has 0 saturated heterocycles. The van der Waals surface area contributed by atoms with Crippen LogP contribution < -0.4 is 5.56 Å². The van der Waals surface area contributed by atoms with Crippen LogP contribution in [-0.4, -0.2) is 9.97 Å². The molecule has 19 heavy (non-hydrogen) atoms. The van der Waals surface area contributed by atoms with E-state index in [1.807, 2.05) is 22.6 Å². The van der Waals surface area contributed by atoms with E-state index in [1.54, 1.807) is 18.2 Å². The van der Waals surface area contributed by atoms with Crippen molar-refractivity contribution in [3.05, 3.63) is 47.9 Å². The smallest absolute Gasteiger partial charge is 0.264 e. The van der Waals surface area contributed by atoms with Crippen LogP contribution in [0, 0.1) is 3.57 Å². The number of nitrogens with one attached hydrogen (secondary N) is 1. The molecular weight excluding hydrogens is 398 g/mol. The SMILES string of the molecule is O=c1[nH]c(-c2ccc(Cl)cc2Cl)nc(C2CC2)c1I. The highest BCUT2D eigenvalue weighted by atomic mass is 127. The summed E-state index contributed by atoms with van der Waals surface area (Å²) in [6, 6.07) is 5.15. The number of halogens is 3. The molecule has 6 heteroatoms. The van der Waals surface area contributed by atoms with Crippen LogP contribution in [0.5, 0.6) is 0 Å². The molecule has 98 valence electrons. The molecule has 2 aromatic rings. The van der Waals surface area contributed by atoms with Crippen molar-refractivity contribution in [2.75, 3.05) is 0 Å². The molecular formula is C13H9Cl2IN2O. The molecule has 0 amide bonds. The van der Waals surface area contributed by atoms with Crippen LogP contribution in [0.2, 0.25) is 10.0 Å². The Labute approximate surface area is 133 Å². The molecule has 1 aromatic carbocycles. The summed E-state index contributed by atoms with van der Waals surface area (Å²) in [5, 5.41) is 1.04. The molecule has 1 saturated carbocycles. The van der Waals surface area contributed by atoms with Gasteiger partial charge in [0.1, 0.15) is 5.82 Å². The number of aromatic amines is 1. The van der Waals surface area contributed by atoms with Crippen molar-refractivity contribution in [1.29, 1.82) is 0 Å². The van der Waals surface area contributed by atoms with E-state index < -0.39 is 0 Å². The van der Waals surface area contributed by atoms with Gasteiger partial charge in [0.2, 0.25) is 0 Å². The summed E-state index contributed by atoms with van der Waals surface area (Å²) in [7, 11) is 0. The van der Waals surface area contributed by atoms with E-state index >= 15 is 0 Å². The highest BCUT2D eigenvalue weighted by Gasteiger charge is 2.29. The van der Waals surface area contributed by atoms with E-state index in [9.17, 15) is 4.79 Å². The summed E-state index contributed by atoms with van der Waals surface area (Å²) in [6.45, 7) is 0. The Balaban J connectivity index is 2.17. The molecule has 1 fully saturated rings. The van der Waals surface area contributed by atoms with Crippen LogP contribution in [0.3, 0.4) is 0 Å². The lowest BCUT2D eigenvalue weighted by atomic mass is 10.2. The normalized spacial score (nSPS) is 14.7. The lowest BCUT2D eigenvalue weighted by molar-refractivity contribution is 0.958. The summed E-state index contributed by atoms with van der Waals surface area (Å²) in [5.41, 5.74) is 1.46. The van der Waals surface area contributed by atoms with E-state index in [-0.39, 0.29) is 5.56 Å². The number of nitrogens with zero attached hydrogens (tertiary/aromatic N) is 1. The Morgan fingerprint density at radius 3 is 2.68 bits per heavy atom. The monoisotopic (exact) mass is 406 g/mol. The summed E-state index contributed by atoms with van der Waals surface area (Å²) in [4.78, 5) is 19.3. The minimum Gasteiger partial charge on any atom is -0.306 e. The quantitative estimate of drug-likeness (QED) is 0.758. The average molecular weight is 407 g/mol. The molecule has 0 unspecified atom stereocenters. The van der Waals surface area contributed by atoms with Gasteiger partial charge in [0, 0.05) is 16.5 Å². The van der Waals surface area contributed by atoms with Crippen molar-refractivity contribution < 1.29 is 0 Å². The predicted octanol–water partition coefficient (Wildman–Crippen LogP) is 4.23. The fourth-order valence-corrected chi connectivity index (χ4v) is 3.11. The minimum absolute atomic E-state index is 0.112. The first-order valence-corrected chi connectivity index (χ1v) is 7.65. The van der Waals surface area contributed by atoms with Gasteiger partial charge in [-0.2, -0.15) is 0 Å². The summed E-state index contributed by atoms with van der Waals surface area (Å²) >= 11 is 14.1. The van der Waals surface area contributed by atoms with Crippen molar-refractivity contribution in [3.63, 3.8) is 0 Å². The number of benzene rings is 1. The average Bonchev–Trinajstić information content (AvgIpc) is 3.17. The maximum atomic E-state index is 12.0. The highest BCUT2D eigenvalue weighted by Crippen LogP contribution is 2.41. The Hall–Kier alpha value is -0.590. The van der Waals surface area contributed by atoms with Gasteiger partial charge in [-0.25, -0.2) is 4.98 Å². The second-order valence-electron chi connectivity index (χ2n) is 4.51. The van der Waals surface area contributed by atoms with Gasteiger partial charge in [-0.05, 0) is 53.6 Å². The molecule has 0 radical (unpaired) electrons. The van der Waals surface area contributed by atoms with Crippen molar-refractivity contribution in [2.24, 2.45) is 0 Å². The number of hydrogen-bond acceptors (Lipinski definition) is 2. The van der Waals surface area contributed by atoms with Crippen LogP contribution in [-0.2, 0) is 0 Å². The van der Waals surface area contributed by atoms with Gasteiger partial charge in [0.15, 0.2) is 0 Å². The van der Waals surface area contributed by atoms with E-state index in [2.05, 4.69) is 9.97 Å². The first kappa shape index (κ1) is 13.4. The fourth-order valence-electron chi connectivity index (χ4n) is 1.91. The molecule has 1 aliphatic rings. The number of aromatic nitrogens is 2. The topological polar surface area (TPSA) is 45.8 Å². The molecule has 1 heterocycles. The molecule has 0 spiro atoms. The van der Waals surface area contributed by atoms with Crippen LogP contribution in [0.4, 0.5) is 0 Å². The number of hydrogen-bond donors (Lipinski definition) is 1. The highest BCUT2D eigenvalue weighted by molar-refractivity contribution is 14.1. The third kappa shape index (κ3) is 2.66. The molecule has 0 bridgehead atoms. The van der Waals surface area contributed by atoms with Crippen molar-refractivity contribution in [1.82, 2.24) is 9.97 Å². The van der Waals surface area contributed by atoms with Crippen LogP contribution in [0.15, 0.2) is 23.0 Å². The zero-order chi connectivity index (χ0) is 13.6. The Morgan fingerprint density at radius 2 is 2.05 bits per heavy atom.